The van der Waals surface area contributed by atoms with Gasteiger partial charge in [0.15, 0.2) is 0 Å². The molecule has 0 saturated carbocycles. The normalized spacial score (nSPS) is 13.0. The zero-order chi connectivity index (χ0) is 10.8. The average Bonchev–Trinajstić information content (AvgIpc) is 2.29. The van der Waals surface area contributed by atoms with E-state index in [0.717, 1.165) is 17.4 Å². The highest BCUT2D eigenvalue weighted by molar-refractivity contribution is 5.86. The molecule has 15 heavy (non-hydrogen) atoms. The van der Waals surface area contributed by atoms with Gasteiger partial charge in [0.05, 0.1) is 0 Å². The second-order valence-corrected chi connectivity index (χ2v) is 3.70. The number of hydrogen-bond donors (Lipinski definition) is 1. The van der Waals surface area contributed by atoms with Gasteiger partial charge in [-0.15, -0.1) is 0 Å². The van der Waals surface area contributed by atoms with E-state index in [0.29, 0.717) is 5.39 Å². The van der Waals surface area contributed by atoms with Crippen LogP contribution in [0.3, 0.4) is 0 Å². The lowest BCUT2D eigenvalue weighted by molar-refractivity contribution is 0.637. The summed E-state index contributed by atoms with van der Waals surface area (Å²) in [6.45, 7) is 2.03. The van der Waals surface area contributed by atoms with Gasteiger partial charge >= 0.3 is 0 Å². The molecule has 2 aromatic carbocycles. The Bertz CT molecular complexity index is 479. The van der Waals surface area contributed by atoms with E-state index in [9.17, 15) is 4.39 Å². The molecular formula is C13H14FN. The molecule has 1 atom stereocenters. The largest absolute Gasteiger partial charge is 0.324 e. The molecule has 0 aliphatic carbocycles. The zero-order valence-electron chi connectivity index (χ0n) is 8.70. The predicted molar refractivity (Wildman–Crippen MR) is 61.1 cm³/mol. The number of benzene rings is 2. The monoisotopic (exact) mass is 203 g/mol. The molecule has 0 aliphatic rings. The molecule has 2 heteroatoms. The Morgan fingerprint density at radius 1 is 1.13 bits per heavy atom. The molecule has 1 unspecified atom stereocenters. The van der Waals surface area contributed by atoms with Crippen LogP contribution in [0.1, 0.15) is 24.9 Å². The highest BCUT2D eigenvalue weighted by Gasteiger charge is 2.09. The van der Waals surface area contributed by atoms with Crippen LogP contribution in [0.5, 0.6) is 0 Å². The van der Waals surface area contributed by atoms with Crippen LogP contribution in [0.2, 0.25) is 0 Å². The lowest BCUT2D eigenvalue weighted by Gasteiger charge is -2.12. The molecule has 2 N–H and O–H groups in total. The predicted octanol–water partition coefficient (Wildman–Crippen LogP) is 3.39. The fraction of sp³-hybridized carbons (Fsp3) is 0.231. The Morgan fingerprint density at radius 2 is 1.80 bits per heavy atom. The Morgan fingerprint density at radius 3 is 2.47 bits per heavy atom. The van der Waals surface area contributed by atoms with E-state index in [1.807, 2.05) is 25.1 Å². The van der Waals surface area contributed by atoms with Gasteiger partial charge in [-0.2, -0.15) is 0 Å². The van der Waals surface area contributed by atoms with Crippen molar-refractivity contribution in [3.63, 3.8) is 0 Å². The van der Waals surface area contributed by atoms with Crippen LogP contribution in [0.15, 0.2) is 36.4 Å². The number of nitrogens with two attached hydrogens (primary N) is 1. The van der Waals surface area contributed by atoms with E-state index in [2.05, 4.69) is 0 Å². The van der Waals surface area contributed by atoms with Crippen LogP contribution in [-0.4, -0.2) is 0 Å². The van der Waals surface area contributed by atoms with Crippen molar-refractivity contribution < 1.29 is 4.39 Å². The van der Waals surface area contributed by atoms with Crippen molar-refractivity contribution in [1.29, 1.82) is 0 Å². The molecule has 0 aromatic heterocycles. The fourth-order valence-electron chi connectivity index (χ4n) is 1.83. The molecule has 0 fully saturated rings. The maximum atomic E-state index is 13.5. The molecule has 0 amide bonds. The molecule has 78 valence electrons. The number of halogens is 1. The molecule has 2 rings (SSSR count). The summed E-state index contributed by atoms with van der Waals surface area (Å²) >= 11 is 0. The topological polar surface area (TPSA) is 26.0 Å². The van der Waals surface area contributed by atoms with Crippen molar-refractivity contribution in [1.82, 2.24) is 0 Å². The molecule has 0 bridgehead atoms. The van der Waals surface area contributed by atoms with Crippen LogP contribution in [-0.2, 0) is 0 Å². The van der Waals surface area contributed by atoms with Gasteiger partial charge in [0.1, 0.15) is 5.82 Å². The smallest absolute Gasteiger partial charge is 0.131 e. The molecular weight excluding hydrogens is 189 g/mol. The van der Waals surface area contributed by atoms with Gasteiger partial charge in [0.25, 0.3) is 0 Å². The van der Waals surface area contributed by atoms with Crippen molar-refractivity contribution in [2.24, 2.45) is 5.73 Å². The molecule has 0 aliphatic heterocycles. The van der Waals surface area contributed by atoms with Crippen LogP contribution >= 0.6 is 0 Å². The maximum Gasteiger partial charge on any atom is 0.131 e. The number of fused-ring (bicyclic) bond motifs is 1. The summed E-state index contributed by atoms with van der Waals surface area (Å²) < 4.78 is 13.5. The second-order valence-electron chi connectivity index (χ2n) is 3.70. The van der Waals surface area contributed by atoms with Crippen molar-refractivity contribution in [3.8, 4) is 0 Å². The first-order valence-corrected chi connectivity index (χ1v) is 5.16. The SMILES string of the molecule is CCC(N)c1ccc(F)c2ccccc12. The lowest BCUT2D eigenvalue weighted by atomic mass is 9.97. The quantitative estimate of drug-likeness (QED) is 0.795. The minimum absolute atomic E-state index is 0.0181. The second kappa shape index (κ2) is 3.99. The van der Waals surface area contributed by atoms with Crippen molar-refractivity contribution >= 4 is 10.8 Å². The van der Waals surface area contributed by atoms with E-state index in [-0.39, 0.29) is 11.9 Å². The van der Waals surface area contributed by atoms with E-state index < -0.39 is 0 Å². The number of hydrogen-bond acceptors (Lipinski definition) is 1. The maximum absolute atomic E-state index is 13.5. The highest BCUT2D eigenvalue weighted by Crippen LogP contribution is 2.26. The number of rotatable bonds is 2. The standard InChI is InChI=1S/C13H14FN/c1-2-13(15)11-7-8-12(14)10-6-4-3-5-9(10)11/h3-8,13H,2,15H2,1H3. The van der Waals surface area contributed by atoms with Crippen LogP contribution in [0, 0.1) is 5.82 Å². The Kier molecular flexibility index (Phi) is 2.69. The molecule has 0 spiro atoms. The third kappa shape index (κ3) is 1.73. The van der Waals surface area contributed by atoms with Crippen molar-refractivity contribution in [2.75, 3.05) is 0 Å². The van der Waals surface area contributed by atoms with Gasteiger partial charge in [0, 0.05) is 11.4 Å². The van der Waals surface area contributed by atoms with E-state index in [1.54, 1.807) is 12.1 Å². The summed E-state index contributed by atoms with van der Waals surface area (Å²) in [6.07, 6.45) is 0.857. The van der Waals surface area contributed by atoms with Gasteiger partial charge in [-0.25, -0.2) is 4.39 Å². The van der Waals surface area contributed by atoms with Crippen molar-refractivity contribution in [2.45, 2.75) is 19.4 Å². The Labute approximate surface area is 88.7 Å². The highest BCUT2D eigenvalue weighted by atomic mass is 19.1. The van der Waals surface area contributed by atoms with Crippen LogP contribution < -0.4 is 5.73 Å². The Hall–Kier alpha value is -1.41. The van der Waals surface area contributed by atoms with Gasteiger partial charge in [-0.3, -0.25) is 0 Å². The summed E-state index contributed by atoms with van der Waals surface area (Å²) in [5.41, 5.74) is 7.01. The summed E-state index contributed by atoms with van der Waals surface area (Å²) in [5, 5.41) is 1.57. The van der Waals surface area contributed by atoms with Crippen molar-refractivity contribution in [3.05, 3.63) is 47.8 Å². The molecule has 0 heterocycles. The first-order valence-electron chi connectivity index (χ1n) is 5.16. The summed E-state index contributed by atoms with van der Waals surface area (Å²) in [4.78, 5) is 0. The lowest BCUT2D eigenvalue weighted by Crippen LogP contribution is -2.09. The van der Waals surface area contributed by atoms with E-state index in [1.165, 1.54) is 6.07 Å². The molecule has 0 radical (unpaired) electrons. The van der Waals surface area contributed by atoms with E-state index in [4.69, 9.17) is 5.73 Å². The molecule has 1 nitrogen and oxygen atoms in total. The van der Waals surface area contributed by atoms with Gasteiger partial charge in [-0.1, -0.05) is 37.3 Å². The summed E-state index contributed by atoms with van der Waals surface area (Å²) in [7, 11) is 0. The summed E-state index contributed by atoms with van der Waals surface area (Å²) in [6, 6.07) is 10.7. The van der Waals surface area contributed by atoms with Gasteiger partial charge < -0.3 is 5.73 Å². The minimum atomic E-state index is -0.183. The molecule has 2 aromatic rings. The average molecular weight is 203 g/mol. The fourth-order valence-corrected chi connectivity index (χ4v) is 1.83. The third-order valence-corrected chi connectivity index (χ3v) is 2.74. The first kappa shape index (κ1) is 10.1. The van der Waals surface area contributed by atoms with E-state index >= 15 is 0 Å². The van der Waals surface area contributed by atoms with Gasteiger partial charge in [0.2, 0.25) is 0 Å². The third-order valence-electron chi connectivity index (χ3n) is 2.74. The minimum Gasteiger partial charge on any atom is -0.324 e. The Balaban J connectivity index is 2.71. The first-order chi connectivity index (χ1) is 7.24. The van der Waals surface area contributed by atoms with Crippen LogP contribution in [0.4, 0.5) is 4.39 Å². The summed E-state index contributed by atoms with van der Waals surface area (Å²) in [5.74, 6) is -0.183. The molecule has 0 saturated heterocycles. The zero-order valence-corrected chi connectivity index (χ0v) is 8.70. The van der Waals surface area contributed by atoms with Crippen LogP contribution in [0.25, 0.3) is 10.8 Å². The van der Waals surface area contributed by atoms with Gasteiger partial charge in [-0.05, 0) is 23.4 Å².